The van der Waals surface area contributed by atoms with Crippen LogP contribution in [0, 0.1) is 6.92 Å². The maximum atomic E-state index is 4.53. The minimum absolute atomic E-state index is 0.389. The van der Waals surface area contributed by atoms with Gasteiger partial charge >= 0.3 is 0 Å². The Morgan fingerprint density at radius 1 is 1.35 bits per heavy atom. The van der Waals surface area contributed by atoms with Gasteiger partial charge in [0.25, 0.3) is 0 Å². The lowest BCUT2D eigenvalue weighted by Gasteiger charge is -2.15. The number of imidazole rings is 1. The summed E-state index contributed by atoms with van der Waals surface area (Å²) in [5.41, 5.74) is 2.41. The number of aryl methyl sites for hydroxylation is 2. The Kier molecular flexibility index (Phi) is 4.99. The van der Waals surface area contributed by atoms with Gasteiger partial charge in [-0.25, -0.2) is 4.98 Å². The van der Waals surface area contributed by atoms with Gasteiger partial charge in [0, 0.05) is 18.8 Å². The zero-order chi connectivity index (χ0) is 14.4. The highest BCUT2D eigenvalue weighted by molar-refractivity contribution is 5.30. The first-order valence-corrected chi connectivity index (χ1v) is 7.14. The minimum Gasteiger partial charge on any atom is -0.353 e. The lowest BCUT2D eigenvalue weighted by molar-refractivity contribution is 0.686. The van der Waals surface area contributed by atoms with E-state index in [-0.39, 0.29) is 0 Å². The molecule has 3 heteroatoms. The predicted molar refractivity (Wildman–Crippen MR) is 85.0 cm³/mol. The molecule has 0 amide bonds. The van der Waals surface area contributed by atoms with Crippen LogP contribution in [-0.4, -0.2) is 15.6 Å². The van der Waals surface area contributed by atoms with E-state index in [0.717, 1.165) is 31.0 Å². The van der Waals surface area contributed by atoms with E-state index >= 15 is 0 Å². The van der Waals surface area contributed by atoms with Gasteiger partial charge in [0.05, 0.1) is 5.69 Å². The molecule has 1 heterocycles. The maximum absolute atomic E-state index is 4.53. The second-order valence-electron chi connectivity index (χ2n) is 5.22. The van der Waals surface area contributed by atoms with Gasteiger partial charge in [-0.2, -0.15) is 0 Å². The van der Waals surface area contributed by atoms with Crippen molar-refractivity contribution in [2.45, 2.75) is 39.3 Å². The van der Waals surface area contributed by atoms with Crippen LogP contribution in [0.5, 0.6) is 0 Å². The lowest BCUT2D eigenvalue weighted by atomic mass is 10.1. The zero-order valence-electron chi connectivity index (χ0n) is 12.3. The maximum Gasteiger partial charge on any atom is 0.203 e. The van der Waals surface area contributed by atoms with Crippen LogP contribution < -0.4 is 5.32 Å². The number of allylic oxidation sites excluding steroid dienone is 1. The van der Waals surface area contributed by atoms with Crippen LogP contribution in [0.1, 0.15) is 24.6 Å². The molecule has 20 heavy (non-hydrogen) atoms. The number of anilines is 1. The quantitative estimate of drug-likeness (QED) is 0.775. The molecule has 106 valence electrons. The standard InChI is InChI=1S/C17H23N3/c1-4-12-20-13-15(3)19-17(20)18-14(2)10-11-16-8-6-5-7-9-16/h4-9,13-14H,1,10-12H2,2-3H3,(H,18,19). The number of hydrogen-bond acceptors (Lipinski definition) is 2. The lowest BCUT2D eigenvalue weighted by Crippen LogP contribution is -2.19. The highest BCUT2D eigenvalue weighted by Crippen LogP contribution is 2.12. The van der Waals surface area contributed by atoms with Crippen LogP contribution in [0.2, 0.25) is 0 Å². The Balaban J connectivity index is 1.91. The Hall–Kier alpha value is -2.03. The van der Waals surface area contributed by atoms with E-state index in [9.17, 15) is 0 Å². The summed E-state index contributed by atoms with van der Waals surface area (Å²) in [5, 5.41) is 3.49. The van der Waals surface area contributed by atoms with Crippen molar-refractivity contribution in [2.75, 3.05) is 5.32 Å². The van der Waals surface area contributed by atoms with Crippen LogP contribution in [0.15, 0.2) is 49.2 Å². The highest BCUT2D eigenvalue weighted by Gasteiger charge is 2.08. The first kappa shape index (κ1) is 14.4. The molecule has 0 spiro atoms. The molecule has 0 bridgehead atoms. The third-order valence-corrected chi connectivity index (χ3v) is 3.31. The van der Waals surface area contributed by atoms with Gasteiger partial charge < -0.3 is 9.88 Å². The summed E-state index contributed by atoms with van der Waals surface area (Å²) in [6.07, 6.45) is 6.11. The van der Waals surface area contributed by atoms with Gasteiger partial charge in [-0.15, -0.1) is 6.58 Å². The average molecular weight is 269 g/mol. The zero-order valence-corrected chi connectivity index (χ0v) is 12.3. The molecule has 1 aromatic heterocycles. The van der Waals surface area contributed by atoms with Crippen molar-refractivity contribution in [3.8, 4) is 0 Å². The predicted octanol–water partition coefficient (Wildman–Crippen LogP) is 3.81. The fourth-order valence-corrected chi connectivity index (χ4v) is 2.26. The van der Waals surface area contributed by atoms with Crippen molar-refractivity contribution in [1.29, 1.82) is 0 Å². The van der Waals surface area contributed by atoms with E-state index in [2.05, 4.69) is 58.7 Å². The van der Waals surface area contributed by atoms with Gasteiger partial charge in [-0.05, 0) is 32.3 Å². The molecule has 3 nitrogen and oxygen atoms in total. The number of aromatic nitrogens is 2. The van der Waals surface area contributed by atoms with Crippen molar-refractivity contribution in [1.82, 2.24) is 9.55 Å². The largest absolute Gasteiger partial charge is 0.353 e. The summed E-state index contributed by atoms with van der Waals surface area (Å²) in [4.78, 5) is 4.53. The van der Waals surface area contributed by atoms with E-state index in [4.69, 9.17) is 0 Å². The number of nitrogens with one attached hydrogen (secondary N) is 1. The fraction of sp³-hybridized carbons (Fsp3) is 0.353. The van der Waals surface area contributed by atoms with E-state index in [1.54, 1.807) is 0 Å². The molecule has 0 aliphatic heterocycles. The normalized spacial score (nSPS) is 12.1. The minimum atomic E-state index is 0.389. The fourth-order valence-electron chi connectivity index (χ4n) is 2.26. The summed E-state index contributed by atoms with van der Waals surface area (Å²) < 4.78 is 2.10. The van der Waals surface area contributed by atoms with Gasteiger partial charge in [0.1, 0.15) is 0 Å². The van der Waals surface area contributed by atoms with Gasteiger partial charge in [-0.3, -0.25) is 0 Å². The van der Waals surface area contributed by atoms with Crippen LogP contribution in [-0.2, 0) is 13.0 Å². The molecular formula is C17H23N3. The molecule has 0 saturated carbocycles. The molecular weight excluding hydrogens is 246 g/mol. The Bertz CT molecular complexity index is 543. The number of benzene rings is 1. The van der Waals surface area contributed by atoms with Crippen LogP contribution in [0.3, 0.4) is 0 Å². The van der Waals surface area contributed by atoms with Crippen molar-refractivity contribution in [2.24, 2.45) is 0 Å². The molecule has 1 aromatic carbocycles. The van der Waals surface area contributed by atoms with Crippen LogP contribution >= 0.6 is 0 Å². The second-order valence-corrected chi connectivity index (χ2v) is 5.22. The first-order chi connectivity index (χ1) is 9.69. The van der Waals surface area contributed by atoms with Gasteiger partial charge in [0.15, 0.2) is 0 Å². The number of nitrogens with zero attached hydrogens (tertiary/aromatic N) is 2. The van der Waals surface area contributed by atoms with Crippen LogP contribution in [0.4, 0.5) is 5.95 Å². The monoisotopic (exact) mass is 269 g/mol. The van der Waals surface area contributed by atoms with Gasteiger partial charge in [0.2, 0.25) is 5.95 Å². The van der Waals surface area contributed by atoms with E-state index in [0.29, 0.717) is 6.04 Å². The Morgan fingerprint density at radius 3 is 2.80 bits per heavy atom. The number of hydrogen-bond donors (Lipinski definition) is 1. The molecule has 0 aliphatic rings. The topological polar surface area (TPSA) is 29.9 Å². The molecule has 2 rings (SSSR count). The molecule has 0 radical (unpaired) electrons. The van der Waals surface area contributed by atoms with E-state index in [1.807, 2.05) is 19.2 Å². The first-order valence-electron chi connectivity index (χ1n) is 7.14. The number of rotatable bonds is 7. The summed E-state index contributed by atoms with van der Waals surface area (Å²) in [6, 6.07) is 11.0. The second kappa shape index (κ2) is 6.94. The molecule has 0 saturated heterocycles. The Labute approximate surface area is 121 Å². The van der Waals surface area contributed by atoms with E-state index < -0.39 is 0 Å². The summed E-state index contributed by atoms with van der Waals surface area (Å²) in [6.45, 7) is 8.78. The molecule has 0 aliphatic carbocycles. The molecule has 2 aromatic rings. The van der Waals surface area contributed by atoms with Crippen molar-refractivity contribution < 1.29 is 0 Å². The Morgan fingerprint density at radius 2 is 2.10 bits per heavy atom. The molecule has 0 fully saturated rings. The van der Waals surface area contributed by atoms with Crippen molar-refractivity contribution in [3.63, 3.8) is 0 Å². The summed E-state index contributed by atoms with van der Waals surface area (Å²) in [5.74, 6) is 0.933. The molecule has 1 atom stereocenters. The van der Waals surface area contributed by atoms with E-state index in [1.165, 1.54) is 5.56 Å². The molecule has 1 N–H and O–H groups in total. The van der Waals surface area contributed by atoms with Crippen molar-refractivity contribution in [3.05, 3.63) is 60.4 Å². The highest BCUT2D eigenvalue weighted by atomic mass is 15.2. The third kappa shape index (κ3) is 3.98. The molecule has 1 unspecified atom stereocenters. The smallest absolute Gasteiger partial charge is 0.203 e. The van der Waals surface area contributed by atoms with Gasteiger partial charge in [-0.1, -0.05) is 36.4 Å². The third-order valence-electron chi connectivity index (χ3n) is 3.31. The van der Waals surface area contributed by atoms with Crippen molar-refractivity contribution >= 4 is 5.95 Å². The summed E-state index contributed by atoms with van der Waals surface area (Å²) >= 11 is 0. The average Bonchev–Trinajstić information content (AvgIpc) is 2.78. The summed E-state index contributed by atoms with van der Waals surface area (Å²) in [7, 11) is 0. The SMILES string of the molecule is C=CCn1cc(C)nc1NC(C)CCc1ccccc1. The van der Waals surface area contributed by atoms with Crippen LogP contribution in [0.25, 0.3) is 0 Å².